The van der Waals surface area contributed by atoms with Crippen molar-refractivity contribution < 1.29 is 4.79 Å². The molecule has 0 saturated carbocycles. The standard InChI is InChI=1S/C26H23N3OS/c1-18-10-8-9-15-23(18)29-25(21-16-31-17-22(21)28-29)27-26(30)24(19-11-4-2-5-12-19)20-13-6-3-7-14-20/h2-15,24H,16-17H2,1H3,(H,27,30). The third kappa shape index (κ3) is 3.77. The molecule has 154 valence electrons. The zero-order chi connectivity index (χ0) is 21.2. The lowest BCUT2D eigenvalue weighted by Crippen LogP contribution is -2.24. The van der Waals surface area contributed by atoms with Gasteiger partial charge in [-0.3, -0.25) is 4.79 Å². The van der Waals surface area contributed by atoms with Crippen LogP contribution in [-0.4, -0.2) is 15.7 Å². The van der Waals surface area contributed by atoms with Crippen LogP contribution >= 0.6 is 11.8 Å². The second-order valence-electron chi connectivity index (χ2n) is 7.71. The fourth-order valence-electron chi connectivity index (χ4n) is 4.09. The van der Waals surface area contributed by atoms with Gasteiger partial charge in [-0.1, -0.05) is 78.9 Å². The van der Waals surface area contributed by atoms with E-state index in [9.17, 15) is 4.79 Å². The summed E-state index contributed by atoms with van der Waals surface area (Å²) in [6.07, 6.45) is 0. The number of para-hydroxylation sites is 1. The summed E-state index contributed by atoms with van der Waals surface area (Å²) < 4.78 is 1.91. The molecule has 0 atom stereocenters. The fraction of sp³-hybridized carbons (Fsp3) is 0.154. The lowest BCUT2D eigenvalue weighted by Gasteiger charge is -2.19. The van der Waals surface area contributed by atoms with Crippen molar-refractivity contribution >= 4 is 23.5 Å². The maximum absolute atomic E-state index is 13.7. The van der Waals surface area contributed by atoms with E-state index in [-0.39, 0.29) is 5.91 Å². The van der Waals surface area contributed by atoms with Crippen LogP contribution in [0.1, 0.15) is 33.9 Å². The minimum Gasteiger partial charge on any atom is -0.309 e. The number of thioether (sulfide) groups is 1. The van der Waals surface area contributed by atoms with Crippen LogP contribution in [0.25, 0.3) is 5.69 Å². The normalized spacial score (nSPS) is 12.7. The van der Waals surface area contributed by atoms with Gasteiger partial charge in [0.1, 0.15) is 5.82 Å². The number of nitrogens with one attached hydrogen (secondary N) is 1. The van der Waals surface area contributed by atoms with Gasteiger partial charge in [0, 0.05) is 17.1 Å². The average molecular weight is 426 g/mol. The summed E-state index contributed by atoms with van der Waals surface area (Å²) in [5.41, 5.74) is 6.24. The molecular weight excluding hydrogens is 402 g/mol. The van der Waals surface area contributed by atoms with Crippen molar-refractivity contribution in [3.8, 4) is 5.69 Å². The number of carbonyl (C=O) groups excluding carboxylic acids is 1. The first kappa shape index (κ1) is 19.6. The highest BCUT2D eigenvalue weighted by Crippen LogP contribution is 2.37. The van der Waals surface area contributed by atoms with E-state index in [1.807, 2.05) is 95.3 Å². The molecule has 1 N–H and O–H groups in total. The zero-order valence-electron chi connectivity index (χ0n) is 17.3. The van der Waals surface area contributed by atoms with E-state index in [4.69, 9.17) is 5.10 Å². The SMILES string of the molecule is Cc1ccccc1-n1nc2c(c1NC(=O)C(c1ccccc1)c1ccccc1)CSC2. The van der Waals surface area contributed by atoms with Gasteiger partial charge in [0.15, 0.2) is 0 Å². The molecule has 5 heteroatoms. The van der Waals surface area contributed by atoms with Gasteiger partial charge in [0.25, 0.3) is 0 Å². The smallest absolute Gasteiger partial charge is 0.237 e. The van der Waals surface area contributed by atoms with Gasteiger partial charge in [-0.15, -0.1) is 0 Å². The van der Waals surface area contributed by atoms with Crippen molar-refractivity contribution in [2.75, 3.05) is 5.32 Å². The molecular formula is C26H23N3OS. The molecule has 31 heavy (non-hydrogen) atoms. The van der Waals surface area contributed by atoms with E-state index in [1.54, 1.807) is 0 Å². The van der Waals surface area contributed by atoms with E-state index in [1.165, 1.54) is 0 Å². The summed E-state index contributed by atoms with van der Waals surface area (Å²) in [5.74, 6) is 2.08. The van der Waals surface area contributed by atoms with Crippen molar-refractivity contribution in [3.05, 3.63) is 113 Å². The van der Waals surface area contributed by atoms with Crippen LogP contribution < -0.4 is 5.32 Å². The minimum atomic E-state index is -0.396. The summed E-state index contributed by atoms with van der Waals surface area (Å²) >= 11 is 1.83. The highest BCUT2D eigenvalue weighted by atomic mass is 32.2. The highest BCUT2D eigenvalue weighted by molar-refractivity contribution is 7.98. The molecule has 0 radical (unpaired) electrons. The number of anilines is 1. The van der Waals surface area contributed by atoms with Crippen LogP contribution in [0, 0.1) is 6.92 Å². The van der Waals surface area contributed by atoms with Crippen molar-refractivity contribution in [2.24, 2.45) is 0 Å². The largest absolute Gasteiger partial charge is 0.309 e. The van der Waals surface area contributed by atoms with Crippen LogP contribution in [0.2, 0.25) is 0 Å². The first-order valence-corrected chi connectivity index (χ1v) is 11.5. The Labute approximate surface area is 186 Å². The first-order chi connectivity index (χ1) is 15.2. The van der Waals surface area contributed by atoms with Gasteiger partial charge in [-0.05, 0) is 29.7 Å². The fourth-order valence-corrected chi connectivity index (χ4v) is 5.13. The van der Waals surface area contributed by atoms with Gasteiger partial charge in [0.2, 0.25) is 5.91 Å². The summed E-state index contributed by atoms with van der Waals surface area (Å²) in [4.78, 5) is 13.7. The molecule has 1 aliphatic heterocycles. The lowest BCUT2D eigenvalue weighted by molar-refractivity contribution is -0.116. The molecule has 0 saturated heterocycles. The third-order valence-electron chi connectivity index (χ3n) is 5.67. The van der Waals surface area contributed by atoms with Gasteiger partial charge in [0.05, 0.1) is 17.3 Å². The number of benzene rings is 3. The first-order valence-electron chi connectivity index (χ1n) is 10.4. The number of carbonyl (C=O) groups is 1. The Morgan fingerprint density at radius 2 is 1.52 bits per heavy atom. The Morgan fingerprint density at radius 3 is 2.16 bits per heavy atom. The molecule has 3 aromatic carbocycles. The van der Waals surface area contributed by atoms with Crippen molar-refractivity contribution in [2.45, 2.75) is 24.3 Å². The second-order valence-corrected chi connectivity index (χ2v) is 8.69. The Balaban J connectivity index is 1.57. The number of rotatable bonds is 5. The molecule has 5 rings (SSSR count). The average Bonchev–Trinajstić information content (AvgIpc) is 3.39. The van der Waals surface area contributed by atoms with Crippen LogP contribution in [0.3, 0.4) is 0 Å². The molecule has 0 fully saturated rings. The highest BCUT2D eigenvalue weighted by Gasteiger charge is 2.29. The number of hydrogen-bond acceptors (Lipinski definition) is 3. The van der Waals surface area contributed by atoms with Crippen molar-refractivity contribution in [1.29, 1.82) is 0 Å². The van der Waals surface area contributed by atoms with Crippen LogP contribution in [0.15, 0.2) is 84.9 Å². The van der Waals surface area contributed by atoms with Crippen LogP contribution in [0.4, 0.5) is 5.82 Å². The summed E-state index contributed by atoms with van der Waals surface area (Å²) in [5, 5.41) is 8.12. The van der Waals surface area contributed by atoms with Gasteiger partial charge >= 0.3 is 0 Å². The number of hydrogen-bond donors (Lipinski definition) is 1. The minimum absolute atomic E-state index is 0.0492. The Morgan fingerprint density at radius 1 is 0.903 bits per heavy atom. The maximum Gasteiger partial charge on any atom is 0.237 e. The Hall–Kier alpha value is -3.31. The molecule has 1 aliphatic rings. The van der Waals surface area contributed by atoms with Crippen molar-refractivity contribution in [1.82, 2.24) is 9.78 Å². The number of amides is 1. The predicted octanol–water partition coefficient (Wildman–Crippen LogP) is 5.70. The van der Waals surface area contributed by atoms with Gasteiger partial charge in [-0.25, -0.2) is 4.68 Å². The molecule has 0 aliphatic carbocycles. The number of nitrogens with zero attached hydrogens (tertiary/aromatic N) is 2. The van der Waals surface area contributed by atoms with Crippen LogP contribution in [0.5, 0.6) is 0 Å². The quantitative estimate of drug-likeness (QED) is 0.446. The summed E-state index contributed by atoms with van der Waals surface area (Å²) in [6.45, 7) is 2.07. The van der Waals surface area contributed by atoms with Crippen molar-refractivity contribution in [3.63, 3.8) is 0 Å². The van der Waals surface area contributed by atoms with E-state index in [2.05, 4.69) is 18.3 Å². The predicted molar refractivity (Wildman–Crippen MR) is 127 cm³/mol. The molecule has 4 aromatic rings. The molecule has 0 bridgehead atoms. The third-order valence-corrected chi connectivity index (χ3v) is 6.64. The van der Waals surface area contributed by atoms with E-state index >= 15 is 0 Å². The van der Waals surface area contributed by atoms with Gasteiger partial charge in [-0.2, -0.15) is 16.9 Å². The zero-order valence-corrected chi connectivity index (χ0v) is 18.1. The van der Waals surface area contributed by atoms with E-state index in [0.29, 0.717) is 0 Å². The van der Waals surface area contributed by atoms with Gasteiger partial charge < -0.3 is 5.32 Å². The molecule has 2 heterocycles. The number of fused-ring (bicyclic) bond motifs is 1. The molecule has 1 amide bonds. The Bertz CT molecular complexity index is 1180. The maximum atomic E-state index is 13.7. The molecule has 0 spiro atoms. The second kappa shape index (κ2) is 8.44. The Kier molecular flexibility index (Phi) is 5.35. The van der Waals surface area contributed by atoms with E-state index < -0.39 is 5.92 Å². The van der Waals surface area contributed by atoms with E-state index in [0.717, 1.165) is 51.0 Å². The topological polar surface area (TPSA) is 46.9 Å². The monoisotopic (exact) mass is 425 g/mol. The summed E-state index contributed by atoms with van der Waals surface area (Å²) in [7, 11) is 0. The molecule has 1 aromatic heterocycles. The van der Waals surface area contributed by atoms with Crippen LogP contribution in [-0.2, 0) is 16.3 Å². The number of aromatic nitrogens is 2. The molecule has 0 unspecified atom stereocenters. The molecule has 4 nitrogen and oxygen atoms in total. The lowest BCUT2D eigenvalue weighted by atomic mass is 9.90. The summed E-state index contributed by atoms with van der Waals surface area (Å²) in [6, 6.07) is 28.0. The number of aryl methyl sites for hydroxylation is 1.